The molecule has 2 aromatic rings. The molecule has 1 amide bonds. The molecule has 0 aliphatic heterocycles. The highest BCUT2D eigenvalue weighted by molar-refractivity contribution is 5.77. The van der Waals surface area contributed by atoms with Gasteiger partial charge in [0.05, 0.1) is 0 Å². The minimum Gasteiger partial charge on any atom is -0.484 e. The molecule has 0 bridgehead atoms. The van der Waals surface area contributed by atoms with E-state index in [1.54, 1.807) is 36.5 Å². The van der Waals surface area contributed by atoms with E-state index in [1.807, 2.05) is 12.1 Å². The summed E-state index contributed by atoms with van der Waals surface area (Å²) in [5.74, 6) is 1.71. The van der Waals surface area contributed by atoms with Crippen LogP contribution in [0.25, 0.3) is 0 Å². The van der Waals surface area contributed by atoms with E-state index in [4.69, 9.17) is 15.2 Å². The Labute approximate surface area is 147 Å². The molecule has 0 spiro atoms. The maximum absolute atomic E-state index is 12.0. The molecule has 3 N–H and O–H groups in total. The number of pyridine rings is 1. The summed E-state index contributed by atoms with van der Waals surface area (Å²) in [4.78, 5) is 16.1. The van der Waals surface area contributed by atoms with Crippen molar-refractivity contribution in [3.63, 3.8) is 0 Å². The van der Waals surface area contributed by atoms with Crippen molar-refractivity contribution in [1.82, 2.24) is 10.3 Å². The highest BCUT2D eigenvalue weighted by atomic mass is 16.5. The maximum atomic E-state index is 12.0. The van der Waals surface area contributed by atoms with E-state index in [-0.39, 0.29) is 24.6 Å². The topological polar surface area (TPSA) is 86.5 Å². The molecule has 1 aliphatic carbocycles. The molecule has 25 heavy (non-hydrogen) atoms. The zero-order valence-corrected chi connectivity index (χ0v) is 14.1. The third kappa shape index (κ3) is 5.46. The van der Waals surface area contributed by atoms with Gasteiger partial charge in [-0.15, -0.1) is 0 Å². The lowest BCUT2D eigenvalue weighted by Crippen LogP contribution is -2.42. The molecule has 0 radical (unpaired) electrons. The van der Waals surface area contributed by atoms with Crippen LogP contribution in [0.5, 0.6) is 17.4 Å². The van der Waals surface area contributed by atoms with Crippen molar-refractivity contribution in [3.8, 4) is 17.4 Å². The predicted molar refractivity (Wildman–Crippen MR) is 94.6 cm³/mol. The zero-order chi connectivity index (χ0) is 17.5. The standard InChI is InChI=1S/C19H23N3O3/c20-14-4-6-15(7-5-14)22-18(23)13-24-16-8-10-17(11-9-16)25-19-3-1-2-12-21-19/h1-3,8-12,14-15H,4-7,13,20H2,(H,22,23). The van der Waals surface area contributed by atoms with Crippen molar-refractivity contribution in [3.05, 3.63) is 48.7 Å². The van der Waals surface area contributed by atoms with Crippen molar-refractivity contribution >= 4 is 5.91 Å². The molecule has 0 unspecified atom stereocenters. The molecule has 1 aromatic heterocycles. The van der Waals surface area contributed by atoms with Crippen LogP contribution in [0.15, 0.2) is 48.7 Å². The first-order chi connectivity index (χ1) is 12.2. The van der Waals surface area contributed by atoms with E-state index in [1.165, 1.54) is 0 Å². The van der Waals surface area contributed by atoms with Gasteiger partial charge in [-0.25, -0.2) is 4.98 Å². The fraction of sp³-hybridized carbons (Fsp3) is 0.368. The van der Waals surface area contributed by atoms with E-state index in [9.17, 15) is 4.79 Å². The van der Waals surface area contributed by atoms with Gasteiger partial charge in [0.2, 0.25) is 5.88 Å². The molecule has 0 saturated heterocycles. The molecule has 0 atom stereocenters. The van der Waals surface area contributed by atoms with Crippen LogP contribution in [-0.2, 0) is 4.79 Å². The average Bonchev–Trinajstić information content (AvgIpc) is 2.64. The first kappa shape index (κ1) is 17.2. The Morgan fingerprint density at radius 2 is 1.80 bits per heavy atom. The second-order valence-electron chi connectivity index (χ2n) is 6.21. The highest BCUT2D eigenvalue weighted by Crippen LogP contribution is 2.22. The summed E-state index contributed by atoms with van der Waals surface area (Å²) >= 11 is 0. The molecule has 3 rings (SSSR count). The Morgan fingerprint density at radius 3 is 2.48 bits per heavy atom. The van der Waals surface area contributed by atoms with Crippen molar-refractivity contribution in [1.29, 1.82) is 0 Å². The molecule has 1 saturated carbocycles. The van der Waals surface area contributed by atoms with Gasteiger partial charge in [-0.3, -0.25) is 4.79 Å². The number of rotatable bonds is 6. The largest absolute Gasteiger partial charge is 0.484 e. The van der Waals surface area contributed by atoms with Gasteiger partial charge in [-0.05, 0) is 56.0 Å². The Balaban J connectivity index is 1.43. The quantitative estimate of drug-likeness (QED) is 0.843. The van der Waals surface area contributed by atoms with Gasteiger partial charge in [0.25, 0.3) is 5.91 Å². The summed E-state index contributed by atoms with van der Waals surface area (Å²) in [6, 6.07) is 13.1. The lowest BCUT2D eigenvalue weighted by molar-refractivity contribution is -0.124. The monoisotopic (exact) mass is 341 g/mol. The Morgan fingerprint density at radius 1 is 1.08 bits per heavy atom. The van der Waals surface area contributed by atoms with Crippen LogP contribution in [-0.4, -0.2) is 29.6 Å². The summed E-state index contributed by atoms with van der Waals surface area (Å²) < 4.78 is 11.1. The highest BCUT2D eigenvalue weighted by Gasteiger charge is 2.20. The normalized spacial score (nSPS) is 19.9. The number of hydrogen-bond donors (Lipinski definition) is 2. The van der Waals surface area contributed by atoms with Crippen LogP contribution in [0.2, 0.25) is 0 Å². The van der Waals surface area contributed by atoms with Crippen LogP contribution < -0.4 is 20.5 Å². The number of aromatic nitrogens is 1. The van der Waals surface area contributed by atoms with E-state index in [0.29, 0.717) is 17.4 Å². The molecule has 1 heterocycles. The lowest BCUT2D eigenvalue weighted by atomic mass is 9.92. The van der Waals surface area contributed by atoms with Crippen molar-refractivity contribution in [2.45, 2.75) is 37.8 Å². The zero-order valence-electron chi connectivity index (χ0n) is 14.1. The van der Waals surface area contributed by atoms with Crippen LogP contribution in [0.4, 0.5) is 0 Å². The van der Waals surface area contributed by atoms with Gasteiger partial charge in [0.1, 0.15) is 11.5 Å². The molecule has 1 fully saturated rings. The predicted octanol–water partition coefficient (Wildman–Crippen LogP) is 2.64. The number of ether oxygens (including phenoxy) is 2. The SMILES string of the molecule is NC1CCC(NC(=O)COc2ccc(Oc3ccccn3)cc2)CC1. The van der Waals surface area contributed by atoms with Crippen LogP contribution in [0, 0.1) is 0 Å². The van der Waals surface area contributed by atoms with Gasteiger partial charge in [-0.1, -0.05) is 6.07 Å². The molecule has 132 valence electrons. The van der Waals surface area contributed by atoms with Gasteiger partial charge in [0.15, 0.2) is 6.61 Å². The number of carbonyl (C=O) groups excluding carboxylic acids is 1. The first-order valence-corrected chi connectivity index (χ1v) is 8.56. The third-order valence-corrected chi connectivity index (χ3v) is 4.19. The fourth-order valence-electron chi connectivity index (χ4n) is 2.81. The second-order valence-corrected chi connectivity index (χ2v) is 6.21. The molecular formula is C19H23N3O3. The number of amides is 1. The summed E-state index contributed by atoms with van der Waals surface area (Å²) in [5.41, 5.74) is 5.87. The molecule has 1 aromatic carbocycles. The molecule has 6 nitrogen and oxygen atoms in total. The summed E-state index contributed by atoms with van der Waals surface area (Å²) in [6.45, 7) is 0.00297. The van der Waals surface area contributed by atoms with E-state index in [0.717, 1.165) is 25.7 Å². The maximum Gasteiger partial charge on any atom is 0.258 e. The Hall–Kier alpha value is -2.60. The number of benzene rings is 1. The van der Waals surface area contributed by atoms with Gasteiger partial charge >= 0.3 is 0 Å². The van der Waals surface area contributed by atoms with Crippen molar-refractivity contribution in [2.75, 3.05) is 6.61 Å². The third-order valence-electron chi connectivity index (χ3n) is 4.19. The summed E-state index contributed by atoms with van der Waals surface area (Å²) in [6.07, 6.45) is 5.47. The Kier molecular flexibility index (Phi) is 5.85. The molecular weight excluding hydrogens is 318 g/mol. The first-order valence-electron chi connectivity index (χ1n) is 8.56. The van der Waals surface area contributed by atoms with Crippen molar-refractivity contribution in [2.24, 2.45) is 5.73 Å². The summed E-state index contributed by atoms with van der Waals surface area (Å²) in [5, 5.41) is 3.00. The van der Waals surface area contributed by atoms with E-state index >= 15 is 0 Å². The number of nitrogens with two attached hydrogens (primary N) is 1. The van der Waals surface area contributed by atoms with Gasteiger partial charge in [-0.2, -0.15) is 0 Å². The smallest absolute Gasteiger partial charge is 0.258 e. The minimum atomic E-state index is -0.103. The van der Waals surface area contributed by atoms with Gasteiger partial charge in [0, 0.05) is 24.3 Å². The van der Waals surface area contributed by atoms with E-state index < -0.39 is 0 Å². The van der Waals surface area contributed by atoms with Crippen LogP contribution in [0.3, 0.4) is 0 Å². The average molecular weight is 341 g/mol. The second kappa shape index (κ2) is 8.48. The number of carbonyl (C=O) groups is 1. The summed E-state index contributed by atoms with van der Waals surface area (Å²) in [7, 11) is 0. The fourth-order valence-corrected chi connectivity index (χ4v) is 2.81. The number of hydrogen-bond acceptors (Lipinski definition) is 5. The number of nitrogens with one attached hydrogen (secondary N) is 1. The minimum absolute atomic E-state index is 0.00297. The molecule has 6 heteroatoms. The van der Waals surface area contributed by atoms with Gasteiger partial charge < -0.3 is 20.5 Å². The van der Waals surface area contributed by atoms with Crippen LogP contribution in [0.1, 0.15) is 25.7 Å². The van der Waals surface area contributed by atoms with Crippen molar-refractivity contribution < 1.29 is 14.3 Å². The Bertz CT molecular complexity index is 668. The lowest BCUT2D eigenvalue weighted by Gasteiger charge is -2.26. The van der Waals surface area contributed by atoms with E-state index in [2.05, 4.69) is 10.3 Å². The number of nitrogens with zero attached hydrogens (tertiary/aromatic N) is 1. The van der Waals surface area contributed by atoms with Crippen LogP contribution >= 0.6 is 0 Å². The molecule has 1 aliphatic rings.